The van der Waals surface area contributed by atoms with Crippen molar-refractivity contribution in [3.63, 3.8) is 0 Å². The third kappa shape index (κ3) is 2.63. The zero-order chi connectivity index (χ0) is 13.9. The number of aromatic nitrogens is 1. The van der Waals surface area contributed by atoms with Crippen molar-refractivity contribution in [1.82, 2.24) is 4.57 Å². The van der Waals surface area contributed by atoms with Crippen LogP contribution in [0.2, 0.25) is 0 Å². The first-order chi connectivity index (χ1) is 9.75. The summed E-state index contributed by atoms with van der Waals surface area (Å²) >= 11 is 0. The molecule has 3 rings (SSSR count). The van der Waals surface area contributed by atoms with Gasteiger partial charge >= 0.3 is 0 Å². The van der Waals surface area contributed by atoms with Gasteiger partial charge in [0.05, 0.1) is 0 Å². The van der Waals surface area contributed by atoms with E-state index in [9.17, 15) is 4.79 Å². The molecule has 1 heterocycles. The van der Waals surface area contributed by atoms with Gasteiger partial charge in [0.25, 0.3) is 5.56 Å². The number of nitrogens with two attached hydrogens (primary N) is 1. The molecular formula is C17H22N2O. The van der Waals surface area contributed by atoms with Crippen molar-refractivity contribution in [2.24, 2.45) is 11.7 Å². The first-order valence-electron chi connectivity index (χ1n) is 7.59. The Hall–Kier alpha value is -1.61. The molecule has 0 spiro atoms. The monoisotopic (exact) mass is 270 g/mol. The number of benzene rings is 1. The number of hydrogen-bond donors (Lipinski definition) is 1. The zero-order valence-corrected chi connectivity index (χ0v) is 11.8. The fourth-order valence-electron chi connectivity index (χ4n) is 3.31. The third-order valence-electron chi connectivity index (χ3n) is 4.55. The molecule has 1 aromatic heterocycles. The van der Waals surface area contributed by atoms with Crippen LogP contribution in [0.1, 0.15) is 32.1 Å². The van der Waals surface area contributed by atoms with Crippen molar-refractivity contribution in [1.29, 1.82) is 0 Å². The van der Waals surface area contributed by atoms with E-state index < -0.39 is 0 Å². The van der Waals surface area contributed by atoms with Crippen LogP contribution in [-0.2, 0) is 6.54 Å². The average Bonchev–Trinajstić information content (AvgIpc) is 2.51. The second kappa shape index (κ2) is 5.80. The Balaban J connectivity index is 1.83. The molecule has 3 nitrogen and oxygen atoms in total. The molecule has 20 heavy (non-hydrogen) atoms. The maximum atomic E-state index is 12.5. The summed E-state index contributed by atoms with van der Waals surface area (Å²) in [5.41, 5.74) is 6.41. The highest BCUT2D eigenvalue weighted by Gasteiger charge is 2.21. The lowest BCUT2D eigenvalue weighted by Gasteiger charge is -2.27. The van der Waals surface area contributed by atoms with Crippen LogP contribution >= 0.6 is 0 Å². The van der Waals surface area contributed by atoms with Gasteiger partial charge in [-0.3, -0.25) is 4.79 Å². The molecule has 106 valence electrons. The molecule has 0 bridgehead atoms. The fourth-order valence-corrected chi connectivity index (χ4v) is 3.31. The molecule has 1 atom stereocenters. The summed E-state index contributed by atoms with van der Waals surface area (Å²) in [5, 5.41) is 1.78. The van der Waals surface area contributed by atoms with E-state index in [2.05, 4.69) is 0 Å². The Kier molecular flexibility index (Phi) is 3.88. The van der Waals surface area contributed by atoms with Gasteiger partial charge in [-0.25, -0.2) is 0 Å². The summed E-state index contributed by atoms with van der Waals surface area (Å²) in [6.07, 6.45) is 8.20. The van der Waals surface area contributed by atoms with Gasteiger partial charge in [-0.05, 0) is 36.3 Å². The lowest BCUT2D eigenvalue weighted by Crippen LogP contribution is -2.38. The van der Waals surface area contributed by atoms with Crippen molar-refractivity contribution >= 4 is 10.8 Å². The molecular weight excluding hydrogens is 248 g/mol. The molecule has 1 fully saturated rings. The van der Waals surface area contributed by atoms with Gasteiger partial charge in [-0.2, -0.15) is 0 Å². The van der Waals surface area contributed by atoms with Crippen LogP contribution in [-0.4, -0.2) is 10.6 Å². The maximum absolute atomic E-state index is 12.5. The number of hydrogen-bond acceptors (Lipinski definition) is 2. The Morgan fingerprint density at radius 1 is 1.15 bits per heavy atom. The summed E-state index contributed by atoms with van der Waals surface area (Å²) in [7, 11) is 0. The summed E-state index contributed by atoms with van der Waals surface area (Å²) < 4.78 is 1.78. The summed E-state index contributed by atoms with van der Waals surface area (Å²) in [6.45, 7) is 0.633. The van der Waals surface area contributed by atoms with Gasteiger partial charge in [0.1, 0.15) is 0 Å². The van der Waals surface area contributed by atoms with Crippen molar-refractivity contribution in [2.75, 3.05) is 0 Å². The molecule has 0 radical (unpaired) electrons. The van der Waals surface area contributed by atoms with Gasteiger partial charge in [0.15, 0.2) is 0 Å². The minimum atomic E-state index is 0.0781. The smallest absolute Gasteiger partial charge is 0.258 e. The van der Waals surface area contributed by atoms with E-state index in [1.165, 1.54) is 32.1 Å². The topological polar surface area (TPSA) is 48.0 Å². The molecule has 0 amide bonds. The highest BCUT2D eigenvalue weighted by Crippen LogP contribution is 2.26. The number of fused-ring (bicyclic) bond motifs is 1. The molecule has 2 N–H and O–H groups in total. The van der Waals surface area contributed by atoms with E-state index in [4.69, 9.17) is 5.73 Å². The molecule has 0 aliphatic heterocycles. The molecule has 1 aromatic carbocycles. The highest BCUT2D eigenvalue weighted by atomic mass is 16.1. The van der Waals surface area contributed by atoms with Crippen LogP contribution in [0.3, 0.4) is 0 Å². The van der Waals surface area contributed by atoms with Crippen LogP contribution in [0.25, 0.3) is 10.8 Å². The standard InChI is InChI=1S/C17H22N2O/c18-16(14-7-2-1-3-8-14)12-19-11-10-13-6-4-5-9-15(13)17(19)20/h4-6,9-11,14,16H,1-3,7-8,12,18H2. The normalized spacial score (nSPS) is 18.2. The predicted molar refractivity (Wildman–Crippen MR) is 82.8 cm³/mol. The number of pyridine rings is 1. The Labute approximate surface area is 119 Å². The van der Waals surface area contributed by atoms with Gasteiger partial charge < -0.3 is 10.3 Å². The second-order valence-electron chi connectivity index (χ2n) is 5.92. The predicted octanol–water partition coefficient (Wildman–Crippen LogP) is 2.91. The quantitative estimate of drug-likeness (QED) is 0.932. The molecule has 0 saturated heterocycles. The van der Waals surface area contributed by atoms with E-state index in [1.54, 1.807) is 4.57 Å². The molecule has 1 aliphatic carbocycles. The van der Waals surface area contributed by atoms with E-state index in [1.807, 2.05) is 36.5 Å². The maximum Gasteiger partial charge on any atom is 0.258 e. The van der Waals surface area contributed by atoms with Crippen molar-refractivity contribution < 1.29 is 0 Å². The van der Waals surface area contributed by atoms with Crippen LogP contribution in [0, 0.1) is 5.92 Å². The first kappa shape index (κ1) is 13.4. The SMILES string of the molecule is NC(Cn1ccc2ccccc2c1=O)C1CCCCC1. The minimum absolute atomic E-state index is 0.0781. The molecule has 2 aromatic rings. The van der Waals surface area contributed by atoms with Crippen LogP contribution < -0.4 is 11.3 Å². The number of nitrogens with zero attached hydrogens (tertiary/aromatic N) is 1. The lowest BCUT2D eigenvalue weighted by atomic mass is 9.84. The van der Waals surface area contributed by atoms with E-state index in [0.717, 1.165) is 10.8 Å². The Bertz CT molecular complexity index is 641. The summed E-state index contributed by atoms with van der Waals surface area (Å²) in [5.74, 6) is 0.571. The summed E-state index contributed by atoms with van der Waals surface area (Å²) in [6, 6.07) is 9.83. The minimum Gasteiger partial charge on any atom is -0.326 e. The van der Waals surface area contributed by atoms with Crippen LogP contribution in [0.5, 0.6) is 0 Å². The van der Waals surface area contributed by atoms with E-state index in [0.29, 0.717) is 12.5 Å². The largest absolute Gasteiger partial charge is 0.326 e. The van der Waals surface area contributed by atoms with Crippen LogP contribution in [0.15, 0.2) is 41.3 Å². The average molecular weight is 270 g/mol. The van der Waals surface area contributed by atoms with Gasteiger partial charge in [-0.1, -0.05) is 37.5 Å². The first-order valence-corrected chi connectivity index (χ1v) is 7.59. The molecule has 3 heteroatoms. The van der Waals surface area contributed by atoms with Crippen LogP contribution in [0.4, 0.5) is 0 Å². The van der Waals surface area contributed by atoms with Crippen molar-refractivity contribution in [3.8, 4) is 0 Å². The van der Waals surface area contributed by atoms with Gasteiger partial charge in [0, 0.05) is 24.2 Å². The fraction of sp³-hybridized carbons (Fsp3) is 0.471. The second-order valence-corrected chi connectivity index (χ2v) is 5.92. The Morgan fingerprint density at radius 2 is 1.90 bits per heavy atom. The van der Waals surface area contributed by atoms with Gasteiger partial charge in [0.2, 0.25) is 0 Å². The molecule has 1 unspecified atom stereocenters. The highest BCUT2D eigenvalue weighted by molar-refractivity contribution is 5.81. The third-order valence-corrected chi connectivity index (χ3v) is 4.55. The lowest BCUT2D eigenvalue weighted by molar-refractivity contribution is 0.284. The van der Waals surface area contributed by atoms with Crippen molar-refractivity contribution in [3.05, 3.63) is 46.9 Å². The summed E-state index contributed by atoms with van der Waals surface area (Å²) in [4.78, 5) is 12.5. The van der Waals surface area contributed by atoms with Gasteiger partial charge in [-0.15, -0.1) is 0 Å². The van der Waals surface area contributed by atoms with Crippen molar-refractivity contribution in [2.45, 2.75) is 44.7 Å². The van der Waals surface area contributed by atoms with E-state index >= 15 is 0 Å². The zero-order valence-electron chi connectivity index (χ0n) is 11.8. The molecule has 1 saturated carbocycles. The van der Waals surface area contributed by atoms with E-state index in [-0.39, 0.29) is 11.6 Å². The molecule has 1 aliphatic rings. The number of rotatable bonds is 3. The Morgan fingerprint density at radius 3 is 2.70 bits per heavy atom.